The standard InChI is InChI=1S/C18H15ClN2O4/c1-23-13-6-7-14(17(9-13)24-2)20-18(22)15-10-16(25-21-15)11-4-3-5-12(19)8-11/h3-10H,1-2H3,(H,20,22). The lowest BCUT2D eigenvalue weighted by Crippen LogP contribution is -2.13. The van der Waals surface area contributed by atoms with Gasteiger partial charge in [-0.25, -0.2) is 0 Å². The molecule has 3 aromatic rings. The molecular formula is C18H15ClN2O4. The van der Waals surface area contributed by atoms with E-state index in [-0.39, 0.29) is 5.69 Å². The van der Waals surface area contributed by atoms with Crippen molar-refractivity contribution < 1.29 is 18.8 Å². The molecule has 1 heterocycles. The molecule has 128 valence electrons. The Kier molecular flexibility index (Phi) is 4.90. The normalized spacial score (nSPS) is 10.4. The van der Waals surface area contributed by atoms with Crippen LogP contribution in [0.2, 0.25) is 5.02 Å². The average Bonchev–Trinajstić information content (AvgIpc) is 3.12. The van der Waals surface area contributed by atoms with Gasteiger partial charge in [-0.1, -0.05) is 28.9 Å². The average molecular weight is 359 g/mol. The first-order valence-corrected chi connectivity index (χ1v) is 7.74. The van der Waals surface area contributed by atoms with Crippen LogP contribution in [-0.2, 0) is 0 Å². The second kappa shape index (κ2) is 7.27. The number of nitrogens with one attached hydrogen (secondary N) is 1. The number of carbonyl (C=O) groups is 1. The summed E-state index contributed by atoms with van der Waals surface area (Å²) in [7, 11) is 3.07. The molecule has 0 aliphatic rings. The zero-order valence-electron chi connectivity index (χ0n) is 13.6. The second-order valence-electron chi connectivity index (χ2n) is 5.11. The zero-order chi connectivity index (χ0) is 17.8. The number of rotatable bonds is 5. The summed E-state index contributed by atoms with van der Waals surface area (Å²) in [5.41, 5.74) is 1.38. The third kappa shape index (κ3) is 3.75. The second-order valence-corrected chi connectivity index (χ2v) is 5.54. The summed E-state index contributed by atoms with van der Waals surface area (Å²) in [4.78, 5) is 12.4. The van der Waals surface area contributed by atoms with Gasteiger partial charge in [0, 0.05) is 22.7 Å². The van der Waals surface area contributed by atoms with Crippen molar-refractivity contribution in [1.29, 1.82) is 0 Å². The number of anilines is 1. The third-order valence-corrected chi connectivity index (χ3v) is 3.74. The fraction of sp³-hybridized carbons (Fsp3) is 0.111. The molecule has 1 N–H and O–H groups in total. The Morgan fingerprint density at radius 3 is 2.68 bits per heavy atom. The minimum Gasteiger partial charge on any atom is -0.497 e. The van der Waals surface area contributed by atoms with Gasteiger partial charge in [0.2, 0.25) is 0 Å². The molecule has 0 spiro atoms. The van der Waals surface area contributed by atoms with Crippen molar-refractivity contribution in [2.45, 2.75) is 0 Å². The molecule has 3 rings (SSSR count). The maximum Gasteiger partial charge on any atom is 0.277 e. The lowest BCUT2D eigenvalue weighted by Gasteiger charge is -2.10. The fourth-order valence-electron chi connectivity index (χ4n) is 2.25. The van der Waals surface area contributed by atoms with E-state index in [4.69, 9.17) is 25.6 Å². The maximum absolute atomic E-state index is 12.4. The fourth-order valence-corrected chi connectivity index (χ4v) is 2.44. The van der Waals surface area contributed by atoms with Crippen molar-refractivity contribution in [2.75, 3.05) is 19.5 Å². The minimum atomic E-state index is -0.416. The van der Waals surface area contributed by atoms with E-state index in [0.29, 0.717) is 28.0 Å². The molecule has 6 nitrogen and oxygen atoms in total. The van der Waals surface area contributed by atoms with Crippen LogP contribution < -0.4 is 14.8 Å². The number of hydrogen-bond acceptors (Lipinski definition) is 5. The Morgan fingerprint density at radius 2 is 1.96 bits per heavy atom. The smallest absolute Gasteiger partial charge is 0.277 e. The van der Waals surface area contributed by atoms with Crippen LogP contribution in [0.25, 0.3) is 11.3 Å². The maximum atomic E-state index is 12.4. The van der Waals surface area contributed by atoms with Crippen LogP contribution in [0.5, 0.6) is 11.5 Å². The van der Waals surface area contributed by atoms with Crippen molar-refractivity contribution >= 4 is 23.2 Å². The molecular weight excluding hydrogens is 344 g/mol. The number of halogens is 1. The lowest BCUT2D eigenvalue weighted by atomic mass is 10.1. The molecule has 0 unspecified atom stereocenters. The summed E-state index contributed by atoms with van der Waals surface area (Å²) in [6, 6.07) is 13.7. The van der Waals surface area contributed by atoms with E-state index in [9.17, 15) is 4.79 Å². The predicted octanol–water partition coefficient (Wildman–Crippen LogP) is 4.26. The van der Waals surface area contributed by atoms with E-state index >= 15 is 0 Å². The van der Waals surface area contributed by atoms with E-state index < -0.39 is 5.91 Å². The first kappa shape index (κ1) is 16.9. The quantitative estimate of drug-likeness (QED) is 0.737. The Balaban J connectivity index is 1.81. The van der Waals surface area contributed by atoms with Gasteiger partial charge in [-0.15, -0.1) is 0 Å². The topological polar surface area (TPSA) is 73.6 Å². The van der Waals surface area contributed by atoms with Crippen molar-refractivity contribution in [3.8, 4) is 22.8 Å². The first-order chi connectivity index (χ1) is 12.1. The number of nitrogens with zero attached hydrogens (tertiary/aromatic N) is 1. The molecule has 0 atom stereocenters. The number of carbonyl (C=O) groups excluding carboxylic acids is 1. The molecule has 0 saturated heterocycles. The molecule has 25 heavy (non-hydrogen) atoms. The summed E-state index contributed by atoms with van der Waals surface area (Å²) in [6.45, 7) is 0. The SMILES string of the molecule is COc1ccc(NC(=O)c2cc(-c3cccc(Cl)c3)on2)c(OC)c1. The van der Waals surface area contributed by atoms with Crippen LogP contribution in [0.15, 0.2) is 53.1 Å². The summed E-state index contributed by atoms with van der Waals surface area (Å²) in [5.74, 6) is 1.14. The number of methoxy groups -OCH3 is 2. The van der Waals surface area contributed by atoms with Gasteiger partial charge in [0.1, 0.15) is 11.5 Å². The first-order valence-electron chi connectivity index (χ1n) is 7.36. The summed E-state index contributed by atoms with van der Waals surface area (Å²) in [6.07, 6.45) is 0. The van der Waals surface area contributed by atoms with Crippen LogP contribution in [0.4, 0.5) is 5.69 Å². The molecule has 0 aliphatic heterocycles. The highest BCUT2D eigenvalue weighted by atomic mass is 35.5. The van der Waals surface area contributed by atoms with Crippen LogP contribution in [0.3, 0.4) is 0 Å². The van der Waals surface area contributed by atoms with E-state index in [1.54, 1.807) is 49.6 Å². The highest BCUT2D eigenvalue weighted by Gasteiger charge is 2.16. The van der Waals surface area contributed by atoms with Crippen LogP contribution in [0.1, 0.15) is 10.5 Å². The monoisotopic (exact) mass is 358 g/mol. The van der Waals surface area contributed by atoms with Crippen molar-refractivity contribution in [2.24, 2.45) is 0 Å². The zero-order valence-corrected chi connectivity index (χ0v) is 14.3. The molecule has 0 radical (unpaired) electrons. The van der Waals surface area contributed by atoms with Gasteiger partial charge in [0.25, 0.3) is 5.91 Å². The molecule has 0 saturated carbocycles. The van der Waals surface area contributed by atoms with E-state index in [2.05, 4.69) is 10.5 Å². The Bertz CT molecular complexity index is 908. The Morgan fingerprint density at radius 1 is 1.12 bits per heavy atom. The third-order valence-electron chi connectivity index (χ3n) is 3.51. The predicted molar refractivity (Wildman–Crippen MR) is 94.4 cm³/mol. The number of ether oxygens (including phenoxy) is 2. The van der Waals surface area contributed by atoms with Crippen LogP contribution in [-0.4, -0.2) is 25.3 Å². The van der Waals surface area contributed by atoms with Crippen LogP contribution in [0, 0.1) is 0 Å². The lowest BCUT2D eigenvalue weighted by molar-refractivity contribution is 0.101. The van der Waals surface area contributed by atoms with Crippen molar-refractivity contribution in [3.05, 3.63) is 59.2 Å². The van der Waals surface area contributed by atoms with Crippen molar-refractivity contribution in [3.63, 3.8) is 0 Å². The summed E-state index contributed by atoms with van der Waals surface area (Å²) >= 11 is 5.96. The highest BCUT2D eigenvalue weighted by Crippen LogP contribution is 2.30. The van der Waals surface area contributed by atoms with Gasteiger partial charge in [-0.05, 0) is 24.3 Å². The van der Waals surface area contributed by atoms with E-state index in [1.807, 2.05) is 6.07 Å². The van der Waals surface area contributed by atoms with Crippen molar-refractivity contribution in [1.82, 2.24) is 5.16 Å². The van der Waals surface area contributed by atoms with E-state index in [1.165, 1.54) is 7.11 Å². The summed E-state index contributed by atoms with van der Waals surface area (Å²) < 4.78 is 15.6. The molecule has 7 heteroatoms. The molecule has 0 aliphatic carbocycles. The van der Waals surface area contributed by atoms with Gasteiger partial charge >= 0.3 is 0 Å². The molecule has 0 fully saturated rings. The largest absolute Gasteiger partial charge is 0.497 e. The molecule has 1 aromatic heterocycles. The van der Waals surface area contributed by atoms with Gasteiger partial charge < -0.3 is 19.3 Å². The molecule has 0 bridgehead atoms. The number of benzene rings is 2. The Hall–Kier alpha value is -2.99. The summed E-state index contributed by atoms with van der Waals surface area (Å²) in [5, 5.41) is 7.12. The minimum absolute atomic E-state index is 0.146. The van der Waals surface area contributed by atoms with Gasteiger partial charge in [-0.3, -0.25) is 4.79 Å². The molecule has 1 amide bonds. The van der Waals surface area contributed by atoms with E-state index in [0.717, 1.165) is 5.56 Å². The van der Waals surface area contributed by atoms with Gasteiger partial charge in [0.05, 0.1) is 19.9 Å². The Labute approximate surface area is 149 Å². The number of aromatic nitrogens is 1. The van der Waals surface area contributed by atoms with Gasteiger partial charge in [0.15, 0.2) is 11.5 Å². The number of hydrogen-bond donors (Lipinski definition) is 1. The number of amides is 1. The van der Waals surface area contributed by atoms with Gasteiger partial charge in [-0.2, -0.15) is 0 Å². The molecule has 2 aromatic carbocycles. The van der Waals surface area contributed by atoms with Crippen LogP contribution >= 0.6 is 11.6 Å². The highest BCUT2D eigenvalue weighted by molar-refractivity contribution is 6.30.